The van der Waals surface area contributed by atoms with Gasteiger partial charge in [0.25, 0.3) is 0 Å². The first-order valence-electron chi connectivity index (χ1n) is 7.29. The van der Waals surface area contributed by atoms with Crippen molar-refractivity contribution in [3.05, 3.63) is 0 Å². The van der Waals surface area contributed by atoms with Crippen molar-refractivity contribution in [2.24, 2.45) is 11.8 Å². The second-order valence-electron chi connectivity index (χ2n) is 5.67. The number of carbonyl (C=O) groups is 1. The molecule has 0 aromatic rings. The number of halogens is 3. The largest absolute Gasteiger partial charge is 0.394 e. The van der Waals surface area contributed by atoms with Gasteiger partial charge in [0.05, 0.1) is 18.1 Å². The van der Waals surface area contributed by atoms with Gasteiger partial charge in [-0.25, -0.2) is 0 Å². The van der Waals surface area contributed by atoms with E-state index in [1.165, 1.54) is 0 Å². The van der Waals surface area contributed by atoms with Gasteiger partial charge in [-0.05, 0) is 25.7 Å². The zero-order valence-electron chi connectivity index (χ0n) is 12.1. The number of hydrogen-bond donors (Lipinski definition) is 2. The highest BCUT2D eigenvalue weighted by molar-refractivity contribution is 5.80. The summed E-state index contributed by atoms with van der Waals surface area (Å²) in [7, 11) is 0. The summed E-state index contributed by atoms with van der Waals surface area (Å²) in [5, 5.41) is 12.1. The molecule has 20 heavy (non-hydrogen) atoms. The van der Waals surface area contributed by atoms with E-state index in [0.29, 0.717) is 25.7 Å². The molecule has 2 N–H and O–H groups in total. The number of rotatable bonds is 5. The number of aliphatic hydroxyl groups excluding tert-OH is 1. The van der Waals surface area contributed by atoms with Gasteiger partial charge in [0.2, 0.25) is 5.91 Å². The zero-order chi connectivity index (χ0) is 15.4. The predicted molar refractivity (Wildman–Crippen MR) is 70.0 cm³/mol. The molecule has 0 saturated heterocycles. The van der Waals surface area contributed by atoms with Crippen LogP contribution in [0.3, 0.4) is 0 Å². The van der Waals surface area contributed by atoms with Crippen LogP contribution >= 0.6 is 0 Å². The number of nitrogens with one attached hydrogen (secondary N) is 1. The number of aliphatic hydroxyl groups is 1. The maximum atomic E-state index is 13.0. The molecule has 2 unspecified atom stereocenters. The van der Waals surface area contributed by atoms with E-state index in [-0.39, 0.29) is 19.4 Å². The zero-order valence-corrected chi connectivity index (χ0v) is 12.1. The Kier molecular flexibility index (Phi) is 5.86. The van der Waals surface area contributed by atoms with Crippen molar-refractivity contribution < 1.29 is 23.1 Å². The van der Waals surface area contributed by atoms with Crippen molar-refractivity contribution in [2.75, 3.05) is 6.61 Å². The monoisotopic (exact) mass is 295 g/mol. The van der Waals surface area contributed by atoms with Crippen LogP contribution in [0.1, 0.15) is 52.4 Å². The average molecular weight is 295 g/mol. The number of hydrogen-bond acceptors (Lipinski definition) is 2. The third-order valence-electron chi connectivity index (χ3n) is 4.57. The number of amides is 1. The molecule has 1 saturated carbocycles. The molecule has 0 aromatic carbocycles. The van der Waals surface area contributed by atoms with E-state index >= 15 is 0 Å². The fourth-order valence-corrected chi connectivity index (χ4v) is 2.88. The average Bonchev–Trinajstić information content (AvgIpc) is 2.44. The van der Waals surface area contributed by atoms with E-state index in [2.05, 4.69) is 5.32 Å². The summed E-state index contributed by atoms with van der Waals surface area (Å²) in [6.45, 7) is 3.36. The molecule has 1 aliphatic carbocycles. The number of carbonyl (C=O) groups excluding carboxylic acids is 1. The molecule has 0 spiro atoms. The maximum absolute atomic E-state index is 13.0. The van der Waals surface area contributed by atoms with Crippen LogP contribution in [0.25, 0.3) is 0 Å². The maximum Gasteiger partial charge on any atom is 0.392 e. The van der Waals surface area contributed by atoms with Crippen molar-refractivity contribution in [3.63, 3.8) is 0 Å². The lowest BCUT2D eigenvalue weighted by Gasteiger charge is -2.37. The molecule has 0 aromatic heterocycles. The summed E-state index contributed by atoms with van der Waals surface area (Å²) in [5.41, 5.74) is -0.801. The van der Waals surface area contributed by atoms with Crippen LogP contribution in [0.5, 0.6) is 0 Å². The van der Waals surface area contributed by atoms with Crippen molar-refractivity contribution in [3.8, 4) is 0 Å². The predicted octanol–water partition coefficient (Wildman–Crippen LogP) is 3.02. The van der Waals surface area contributed by atoms with Gasteiger partial charge in [-0.2, -0.15) is 13.2 Å². The Morgan fingerprint density at radius 1 is 1.20 bits per heavy atom. The molecule has 1 amide bonds. The van der Waals surface area contributed by atoms with Crippen LogP contribution in [0, 0.1) is 11.8 Å². The highest BCUT2D eigenvalue weighted by Gasteiger charge is 2.48. The Morgan fingerprint density at radius 2 is 1.75 bits per heavy atom. The Hall–Kier alpha value is -0.780. The summed E-state index contributed by atoms with van der Waals surface area (Å²) in [6, 6.07) is 0. The first kappa shape index (κ1) is 17.3. The summed E-state index contributed by atoms with van der Waals surface area (Å²) < 4.78 is 39.0. The number of alkyl halides is 3. The Bertz CT molecular complexity index is 319. The Balaban J connectivity index is 2.83. The van der Waals surface area contributed by atoms with Crippen LogP contribution in [0.4, 0.5) is 13.2 Å². The van der Waals surface area contributed by atoms with E-state index in [4.69, 9.17) is 0 Å². The molecular weight excluding hydrogens is 271 g/mol. The molecule has 0 bridgehead atoms. The third-order valence-corrected chi connectivity index (χ3v) is 4.57. The summed E-state index contributed by atoms with van der Waals surface area (Å²) in [6.07, 6.45) is -1.89. The Labute approximate surface area is 117 Å². The van der Waals surface area contributed by atoms with Gasteiger partial charge in [-0.3, -0.25) is 4.79 Å². The van der Waals surface area contributed by atoms with E-state index < -0.39 is 29.5 Å². The molecular formula is C14H24F3NO2. The minimum atomic E-state index is -4.33. The van der Waals surface area contributed by atoms with Gasteiger partial charge in [-0.1, -0.05) is 26.7 Å². The molecule has 0 aliphatic heterocycles. The molecule has 2 atom stereocenters. The highest BCUT2D eigenvalue weighted by atomic mass is 19.4. The van der Waals surface area contributed by atoms with E-state index in [9.17, 15) is 23.1 Å². The standard InChI is InChI=1S/C14H24F3NO2/c1-3-13(4-2,9-19)18-12(20)10-7-5-6-8-11(10)14(15,16)17/h10-11,19H,3-9H2,1-2H3,(H,18,20). The molecule has 1 rings (SSSR count). The van der Waals surface area contributed by atoms with Crippen LogP contribution in [0.15, 0.2) is 0 Å². The quantitative estimate of drug-likeness (QED) is 0.819. The van der Waals surface area contributed by atoms with Gasteiger partial charge in [0.1, 0.15) is 0 Å². The Morgan fingerprint density at radius 3 is 2.20 bits per heavy atom. The SMILES string of the molecule is CCC(CC)(CO)NC(=O)C1CCCCC1C(F)(F)F. The molecule has 118 valence electrons. The van der Waals surface area contributed by atoms with Crippen molar-refractivity contribution >= 4 is 5.91 Å². The van der Waals surface area contributed by atoms with Crippen molar-refractivity contribution in [2.45, 2.75) is 64.1 Å². The summed E-state index contributed by atoms with van der Waals surface area (Å²) in [4.78, 5) is 12.2. The second-order valence-corrected chi connectivity index (χ2v) is 5.67. The first-order valence-corrected chi connectivity index (χ1v) is 7.29. The van der Waals surface area contributed by atoms with Gasteiger partial charge in [-0.15, -0.1) is 0 Å². The van der Waals surface area contributed by atoms with Gasteiger partial charge in [0, 0.05) is 5.92 Å². The fraction of sp³-hybridized carbons (Fsp3) is 0.929. The minimum Gasteiger partial charge on any atom is -0.394 e. The van der Waals surface area contributed by atoms with Gasteiger partial charge < -0.3 is 10.4 Å². The molecule has 1 aliphatic rings. The summed E-state index contributed by atoms with van der Waals surface area (Å²) in [5.74, 6) is -3.14. The molecule has 0 heterocycles. The van der Waals surface area contributed by atoms with E-state index in [1.54, 1.807) is 0 Å². The third kappa shape index (κ3) is 3.87. The van der Waals surface area contributed by atoms with Crippen molar-refractivity contribution in [1.82, 2.24) is 5.32 Å². The van der Waals surface area contributed by atoms with E-state index in [1.807, 2.05) is 13.8 Å². The molecule has 0 radical (unpaired) electrons. The first-order chi connectivity index (χ1) is 9.29. The smallest absolute Gasteiger partial charge is 0.392 e. The topological polar surface area (TPSA) is 49.3 Å². The second kappa shape index (κ2) is 6.78. The summed E-state index contributed by atoms with van der Waals surface area (Å²) >= 11 is 0. The van der Waals surface area contributed by atoms with Crippen LogP contribution < -0.4 is 5.32 Å². The fourth-order valence-electron chi connectivity index (χ4n) is 2.88. The molecule has 1 fully saturated rings. The lowest BCUT2D eigenvalue weighted by molar-refractivity contribution is -0.198. The highest BCUT2D eigenvalue weighted by Crippen LogP contribution is 2.41. The lowest BCUT2D eigenvalue weighted by atomic mass is 9.77. The van der Waals surface area contributed by atoms with Gasteiger partial charge in [0.15, 0.2) is 0 Å². The van der Waals surface area contributed by atoms with Crippen molar-refractivity contribution in [1.29, 1.82) is 0 Å². The normalized spacial score (nSPS) is 24.5. The van der Waals surface area contributed by atoms with Crippen LogP contribution in [0.2, 0.25) is 0 Å². The molecule has 3 nitrogen and oxygen atoms in total. The lowest BCUT2D eigenvalue weighted by Crippen LogP contribution is -2.54. The van der Waals surface area contributed by atoms with Crippen LogP contribution in [-0.2, 0) is 4.79 Å². The molecule has 6 heteroatoms. The van der Waals surface area contributed by atoms with Gasteiger partial charge >= 0.3 is 6.18 Å². The minimum absolute atomic E-state index is 0.0198. The van der Waals surface area contributed by atoms with Crippen LogP contribution in [-0.4, -0.2) is 29.3 Å². The van der Waals surface area contributed by atoms with E-state index in [0.717, 1.165) is 0 Å².